The minimum absolute atomic E-state index is 0.199. The maximum atomic E-state index is 14.4. The first-order valence-electron chi connectivity index (χ1n) is 11.8. The number of pyridine rings is 1. The highest BCUT2D eigenvalue weighted by Gasteiger charge is 2.55. The number of fused-ring (bicyclic) bond motifs is 4. The van der Waals surface area contributed by atoms with Crippen molar-refractivity contribution in [2.45, 2.75) is 32.1 Å². The third kappa shape index (κ3) is 3.96. The average molecular weight is 480 g/mol. The largest absolute Gasteiger partial charge is 0.396 e. The number of aromatic nitrogens is 1. The van der Waals surface area contributed by atoms with Gasteiger partial charge in [-0.05, 0) is 42.4 Å². The van der Waals surface area contributed by atoms with E-state index in [1.807, 2.05) is 6.92 Å². The number of benzene rings is 2. The molecule has 8 heteroatoms. The molecule has 2 N–H and O–H groups in total. The van der Waals surface area contributed by atoms with E-state index in [1.54, 1.807) is 47.0 Å². The number of likely N-dealkylation sites (N-methyl/N-ethyl adjacent to an activating group) is 1. The predicted octanol–water partition coefficient (Wildman–Crippen LogP) is 3.09. The number of halogens is 2. The van der Waals surface area contributed by atoms with Crippen molar-refractivity contribution in [1.82, 2.24) is 14.8 Å². The highest BCUT2D eigenvalue weighted by molar-refractivity contribution is 5.80. The Morgan fingerprint density at radius 3 is 2.49 bits per heavy atom. The van der Waals surface area contributed by atoms with Crippen LogP contribution in [-0.4, -0.2) is 39.7 Å². The molecule has 2 aromatic carbocycles. The fourth-order valence-electron chi connectivity index (χ4n) is 5.75. The number of carbonyl (C=O) groups excluding carboxylic acids is 1. The van der Waals surface area contributed by atoms with Gasteiger partial charge in [0.15, 0.2) is 0 Å². The van der Waals surface area contributed by atoms with Crippen molar-refractivity contribution in [2.75, 3.05) is 13.2 Å². The fraction of sp³-hybridized carbons (Fsp3) is 0.333. The van der Waals surface area contributed by atoms with Crippen LogP contribution >= 0.6 is 0 Å². The van der Waals surface area contributed by atoms with Crippen LogP contribution in [0, 0.1) is 23.5 Å². The van der Waals surface area contributed by atoms with Gasteiger partial charge in [-0.25, -0.2) is 8.78 Å². The second-order valence-electron chi connectivity index (χ2n) is 9.13. The van der Waals surface area contributed by atoms with Crippen LogP contribution in [0.5, 0.6) is 0 Å². The van der Waals surface area contributed by atoms with Gasteiger partial charge < -0.3 is 15.0 Å². The van der Waals surface area contributed by atoms with Gasteiger partial charge in [0, 0.05) is 42.9 Å². The van der Waals surface area contributed by atoms with E-state index in [2.05, 4.69) is 10.2 Å². The van der Waals surface area contributed by atoms with Crippen LogP contribution in [0.25, 0.3) is 11.1 Å². The first-order valence-corrected chi connectivity index (χ1v) is 11.8. The average Bonchev–Trinajstić information content (AvgIpc) is 3.10. The summed E-state index contributed by atoms with van der Waals surface area (Å²) < 4.78 is 29.3. The van der Waals surface area contributed by atoms with Crippen molar-refractivity contribution in [3.63, 3.8) is 0 Å². The van der Waals surface area contributed by atoms with E-state index in [9.17, 15) is 23.5 Å². The van der Waals surface area contributed by atoms with Crippen molar-refractivity contribution in [2.24, 2.45) is 11.8 Å². The minimum atomic E-state index is -0.571. The monoisotopic (exact) mass is 479 g/mol. The number of hydrogen-bond donors (Lipinski definition) is 2. The van der Waals surface area contributed by atoms with E-state index in [0.717, 1.165) is 5.56 Å². The van der Waals surface area contributed by atoms with Crippen LogP contribution in [-0.2, 0) is 17.9 Å². The summed E-state index contributed by atoms with van der Waals surface area (Å²) in [5.74, 6) is -1.98. The van der Waals surface area contributed by atoms with Crippen molar-refractivity contribution in [1.29, 1.82) is 0 Å². The molecule has 2 bridgehead atoms. The number of hydrogen-bond acceptors (Lipinski definition) is 4. The van der Waals surface area contributed by atoms with Crippen LogP contribution in [0.2, 0.25) is 0 Å². The maximum absolute atomic E-state index is 14.4. The zero-order valence-corrected chi connectivity index (χ0v) is 19.3. The Hall–Kier alpha value is -3.36. The van der Waals surface area contributed by atoms with Gasteiger partial charge in [0.05, 0.1) is 17.5 Å². The number of nitrogens with one attached hydrogen (secondary N) is 1. The molecule has 1 saturated heterocycles. The Morgan fingerprint density at radius 1 is 1.06 bits per heavy atom. The Kier molecular flexibility index (Phi) is 6.25. The zero-order chi connectivity index (χ0) is 24.7. The maximum Gasteiger partial charge on any atom is 0.258 e. The van der Waals surface area contributed by atoms with E-state index in [1.165, 1.54) is 18.2 Å². The second kappa shape index (κ2) is 9.36. The third-order valence-corrected chi connectivity index (χ3v) is 7.38. The number of nitrogens with zero attached hydrogens (tertiary/aromatic N) is 2. The minimum Gasteiger partial charge on any atom is -0.396 e. The quantitative estimate of drug-likeness (QED) is 0.570. The van der Waals surface area contributed by atoms with Gasteiger partial charge in [-0.15, -0.1) is 0 Å². The van der Waals surface area contributed by atoms with Gasteiger partial charge in [-0.1, -0.05) is 37.3 Å². The molecular formula is C27H27F2N3O3. The van der Waals surface area contributed by atoms with Gasteiger partial charge in [0.1, 0.15) is 11.6 Å². The third-order valence-electron chi connectivity index (χ3n) is 7.38. The summed E-state index contributed by atoms with van der Waals surface area (Å²) in [5.41, 5.74) is 1.66. The number of carbonyl (C=O) groups is 1. The molecule has 0 saturated carbocycles. The van der Waals surface area contributed by atoms with Crippen LogP contribution in [0.4, 0.5) is 8.78 Å². The molecule has 5 rings (SSSR count). The number of rotatable bonds is 6. The summed E-state index contributed by atoms with van der Waals surface area (Å²) in [6, 6.07) is 14.9. The van der Waals surface area contributed by atoms with Crippen molar-refractivity contribution in [3.8, 4) is 11.1 Å². The predicted molar refractivity (Wildman–Crippen MR) is 127 cm³/mol. The van der Waals surface area contributed by atoms with Gasteiger partial charge in [-0.2, -0.15) is 0 Å². The van der Waals surface area contributed by atoms with E-state index in [0.29, 0.717) is 18.8 Å². The normalized spacial score (nSPS) is 23.2. The lowest BCUT2D eigenvalue weighted by molar-refractivity contribution is -0.127. The molecule has 182 valence electrons. The SMILES string of the molecule is CCN1[C@@H]2Cn3c(ccc(-c4ccccc4F)c3=O)[C@H]1[C@@H](C(=O)NCc1ccc(F)cc1)[C@@H]2CO. The highest BCUT2D eigenvalue weighted by Crippen LogP contribution is 2.48. The van der Waals surface area contributed by atoms with Crippen LogP contribution in [0.1, 0.15) is 24.2 Å². The molecule has 3 heterocycles. The van der Waals surface area contributed by atoms with Gasteiger partial charge in [-0.3, -0.25) is 14.5 Å². The van der Waals surface area contributed by atoms with Gasteiger partial charge in [0.25, 0.3) is 5.56 Å². The van der Waals surface area contributed by atoms with Crippen molar-refractivity contribution < 1.29 is 18.7 Å². The summed E-state index contributed by atoms with van der Waals surface area (Å²) in [6.45, 7) is 2.99. The summed E-state index contributed by atoms with van der Waals surface area (Å²) in [4.78, 5) is 29.1. The van der Waals surface area contributed by atoms with E-state index in [-0.39, 0.29) is 53.5 Å². The molecule has 6 nitrogen and oxygen atoms in total. The molecule has 0 aliphatic carbocycles. The number of aliphatic hydroxyl groups is 1. The Labute approximate surface area is 201 Å². The lowest BCUT2D eigenvalue weighted by Crippen LogP contribution is -2.46. The Balaban J connectivity index is 1.51. The molecule has 35 heavy (non-hydrogen) atoms. The molecule has 2 aliphatic heterocycles. The van der Waals surface area contributed by atoms with Gasteiger partial charge in [0.2, 0.25) is 5.91 Å². The first-order chi connectivity index (χ1) is 16.9. The smallest absolute Gasteiger partial charge is 0.258 e. The summed E-state index contributed by atoms with van der Waals surface area (Å²) in [5, 5.41) is 13.2. The molecule has 1 amide bonds. The highest BCUT2D eigenvalue weighted by atomic mass is 19.1. The molecule has 0 spiro atoms. The molecule has 1 aromatic heterocycles. The summed E-state index contributed by atoms with van der Waals surface area (Å²) >= 11 is 0. The van der Waals surface area contributed by atoms with Crippen LogP contribution in [0.15, 0.2) is 65.5 Å². The Morgan fingerprint density at radius 2 is 1.80 bits per heavy atom. The van der Waals surface area contributed by atoms with Gasteiger partial charge >= 0.3 is 0 Å². The molecule has 2 aliphatic rings. The van der Waals surface area contributed by atoms with Crippen LogP contribution in [0.3, 0.4) is 0 Å². The number of amides is 1. The lowest BCUT2D eigenvalue weighted by atomic mass is 9.86. The Bertz CT molecular complexity index is 1310. The van der Waals surface area contributed by atoms with E-state index in [4.69, 9.17) is 0 Å². The first kappa shape index (κ1) is 23.4. The topological polar surface area (TPSA) is 74.6 Å². The van der Waals surface area contributed by atoms with Crippen LogP contribution < -0.4 is 10.9 Å². The molecule has 0 unspecified atom stereocenters. The fourth-order valence-corrected chi connectivity index (χ4v) is 5.75. The van der Waals surface area contributed by atoms with E-state index >= 15 is 0 Å². The van der Waals surface area contributed by atoms with E-state index < -0.39 is 17.8 Å². The van der Waals surface area contributed by atoms with Crippen molar-refractivity contribution >= 4 is 5.91 Å². The van der Waals surface area contributed by atoms with Crippen molar-refractivity contribution in [3.05, 3.63) is 93.9 Å². The lowest BCUT2D eigenvalue weighted by Gasteiger charge is -2.37. The standard InChI is InChI=1S/C27H27F2N3O3/c1-2-31-23-14-32-22(12-11-19(27(32)35)18-5-3-4-6-21(18)29)25(31)24(20(23)15-33)26(34)30-13-16-7-9-17(28)10-8-16/h3-12,20,23-25,33H,2,13-15H2,1H3,(H,30,34)/t20-,23-,24+,25+/m1/s1. The summed E-state index contributed by atoms with van der Waals surface area (Å²) in [7, 11) is 0. The molecular weight excluding hydrogens is 452 g/mol. The molecule has 1 fully saturated rings. The molecule has 0 radical (unpaired) electrons. The zero-order valence-electron chi connectivity index (χ0n) is 19.3. The second-order valence-corrected chi connectivity index (χ2v) is 9.13. The number of aliphatic hydroxyl groups excluding tert-OH is 1. The molecule has 3 aromatic rings. The summed E-state index contributed by atoms with van der Waals surface area (Å²) in [6.07, 6.45) is 0. The molecule has 4 atom stereocenters.